The Morgan fingerprint density at radius 1 is 0.676 bits per heavy atom. The molecule has 0 spiro atoms. The van der Waals surface area contributed by atoms with Crippen LogP contribution in [0.5, 0.6) is 0 Å². The van der Waals surface area contributed by atoms with Gasteiger partial charge in [-0.2, -0.15) is 0 Å². The first-order valence-corrected chi connectivity index (χ1v) is 12.1. The summed E-state index contributed by atoms with van der Waals surface area (Å²) in [6.07, 6.45) is 11.3. The fourth-order valence-electron chi connectivity index (χ4n) is 5.39. The second-order valence-corrected chi connectivity index (χ2v) is 11.7. The van der Waals surface area contributed by atoms with Crippen LogP contribution >= 0.6 is 0 Å². The average molecular weight is 475 g/mol. The highest BCUT2D eigenvalue weighted by Gasteiger charge is 2.46. The molecule has 0 unspecified atom stereocenters. The zero-order chi connectivity index (χ0) is 25.3. The average Bonchev–Trinajstić information content (AvgIpc) is 3.46. The highest BCUT2D eigenvalue weighted by Crippen LogP contribution is 2.43. The smallest absolute Gasteiger partial charge is 0.407 e. The third kappa shape index (κ3) is 6.27. The number of carbonyl (C=O) groups is 4. The molecule has 2 amide bonds. The van der Waals surface area contributed by atoms with E-state index in [0.29, 0.717) is 0 Å². The number of hydrogen-bond acceptors (Lipinski definition) is 6. The van der Waals surface area contributed by atoms with Gasteiger partial charge in [-0.1, -0.05) is 24.3 Å². The van der Waals surface area contributed by atoms with Crippen LogP contribution in [0.4, 0.5) is 9.59 Å². The van der Waals surface area contributed by atoms with Gasteiger partial charge >= 0.3 is 12.2 Å². The molecule has 4 aliphatic rings. The van der Waals surface area contributed by atoms with Crippen molar-refractivity contribution in [3.05, 3.63) is 24.3 Å². The summed E-state index contributed by atoms with van der Waals surface area (Å²) < 4.78 is 10.4. The molecular weight excluding hydrogens is 436 g/mol. The molecule has 4 rings (SSSR count). The van der Waals surface area contributed by atoms with Crippen LogP contribution in [-0.4, -0.2) is 48.0 Å². The molecule has 0 saturated heterocycles. The van der Waals surface area contributed by atoms with Crippen molar-refractivity contribution in [1.29, 1.82) is 0 Å². The van der Waals surface area contributed by atoms with Crippen molar-refractivity contribution in [3.63, 3.8) is 0 Å². The Hall–Kier alpha value is -2.64. The molecule has 2 fully saturated rings. The number of rotatable bonds is 4. The Labute approximate surface area is 201 Å². The number of fused-ring (bicyclic) bond motifs is 4. The van der Waals surface area contributed by atoms with Gasteiger partial charge in [-0.25, -0.2) is 9.59 Å². The maximum absolute atomic E-state index is 11.7. The van der Waals surface area contributed by atoms with E-state index in [1.165, 1.54) is 0 Å². The van der Waals surface area contributed by atoms with Gasteiger partial charge in [0.1, 0.15) is 23.8 Å². The van der Waals surface area contributed by atoms with Crippen molar-refractivity contribution in [3.8, 4) is 0 Å². The van der Waals surface area contributed by atoms with Crippen molar-refractivity contribution in [1.82, 2.24) is 10.6 Å². The zero-order valence-corrected chi connectivity index (χ0v) is 20.9. The lowest BCUT2D eigenvalue weighted by atomic mass is 9.90. The maximum atomic E-state index is 11.7. The van der Waals surface area contributed by atoms with Crippen LogP contribution in [-0.2, 0) is 19.1 Å². The molecule has 0 aliphatic heterocycles. The first-order chi connectivity index (χ1) is 15.8. The third-order valence-corrected chi connectivity index (χ3v) is 6.72. The van der Waals surface area contributed by atoms with Gasteiger partial charge in [0.2, 0.25) is 0 Å². The minimum absolute atomic E-state index is 0.0995. The lowest BCUT2D eigenvalue weighted by Gasteiger charge is -2.27. The predicted octanol–water partition coefficient (Wildman–Crippen LogP) is 3.80. The Bertz CT molecular complexity index is 782. The normalized spacial score (nSPS) is 34.8. The molecule has 8 nitrogen and oxygen atoms in total. The monoisotopic (exact) mass is 474 g/mol. The minimum atomic E-state index is -0.506. The molecule has 2 saturated carbocycles. The summed E-state index contributed by atoms with van der Waals surface area (Å²) >= 11 is 0. The molecule has 8 atom stereocenters. The van der Waals surface area contributed by atoms with E-state index in [4.69, 9.17) is 9.47 Å². The minimum Gasteiger partial charge on any atom is -0.444 e. The van der Waals surface area contributed by atoms with Crippen LogP contribution in [0.2, 0.25) is 0 Å². The molecule has 0 radical (unpaired) electrons. The van der Waals surface area contributed by atoms with Gasteiger partial charge < -0.3 is 29.7 Å². The first-order valence-electron chi connectivity index (χ1n) is 12.1. The Morgan fingerprint density at radius 3 is 1.29 bits per heavy atom. The summed E-state index contributed by atoms with van der Waals surface area (Å²) in [6.45, 7) is 10.9. The van der Waals surface area contributed by atoms with Crippen molar-refractivity contribution < 1.29 is 28.7 Å². The van der Waals surface area contributed by atoms with Crippen LogP contribution in [0.25, 0.3) is 0 Å². The van der Waals surface area contributed by atoms with E-state index >= 15 is 0 Å². The summed E-state index contributed by atoms with van der Waals surface area (Å²) in [5, 5.41) is 5.65. The lowest BCUT2D eigenvalue weighted by Crippen LogP contribution is -2.45. The summed E-state index contributed by atoms with van der Waals surface area (Å²) in [4.78, 5) is 45.5. The predicted molar refractivity (Wildman–Crippen MR) is 127 cm³/mol. The van der Waals surface area contributed by atoms with Gasteiger partial charge in [0, 0.05) is 23.9 Å². The number of aldehydes is 2. The highest BCUT2D eigenvalue weighted by atomic mass is 16.6. The number of allylic oxidation sites excluding steroid dienone is 2. The third-order valence-electron chi connectivity index (χ3n) is 6.72. The van der Waals surface area contributed by atoms with Gasteiger partial charge in [0.25, 0.3) is 0 Å². The van der Waals surface area contributed by atoms with E-state index < -0.39 is 23.4 Å². The van der Waals surface area contributed by atoms with Crippen molar-refractivity contribution in [2.45, 2.75) is 77.7 Å². The van der Waals surface area contributed by atoms with Crippen LogP contribution in [0, 0.1) is 35.5 Å². The molecule has 0 heterocycles. The first kappa shape index (κ1) is 26.0. The van der Waals surface area contributed by atoms with Crippen molar-refractivity contribution in [2.75, 3.05) is 0 Å². The van der Waals surface area contributed by atoms with E-state index in [2.05, 4.69) is 34.9 Å². The van der Waals surface area contributed by atoms with Gasteiger partial charge in [-0.3, -0.25) is 0 Å². The molecule has 0 aromatic heterocycles. The second-order valence-electron chi connectivity index (χ2n) is 11.7. The Morgan fingerprint density at radius 2 is 1.00 bits per heavy atom. The molecule has 4 aliphatic carbocycles. The topological polar surface area (TPSA) is 111 Å². The number of carbonyl (C=O) groups excluding carboxylic acids is 4. The number of hydrogen-bond donors (Lipinski definition) is 2. The standard InChI is InChI=1S/2C13H19NO3/c2*1-13(2,3)17-12(16)14-11-9-5-4-8(6-9)10(11)7-15/h2*4-5,7-11H,6H2,1-3H3,(H,14,16)/t2*8-,9+,10+,11-/m10/s1. The van der Waals surface area contributed by atoms with E-state index in [1.807, 2.05) is 41.5 Å². The number of nitrogens with one attached hydrogen (secondary N) is 2. The molecular formula is C26H38N2O6. The van der Waals surface area contributed by atoms with Crippen molar-refractivity contribution >= 4 is 24.8 Å². The Balaban J connectivity index is 0.000000191. The van der Waals surface area contributed by atoms with E-state index in [-0.39, 0.29) is 47.6 Å². The molecule has 8 heteroatoms. The van der Waals surface area contributed by atoms with Gasteiger partial charge in [-0.05, 0) is 78.1 Å². The van der Waals surface area contributed by atoms with Crippen LogP contribution < -0.4 is 10.6 Å². The fourth-order valence-corrected chi connectivity index (χ4v) is 5.39. The summed E-state index contributed by atoms with van der Waals surface area (Å²) in [5.41, 5.74) is -1.01. The summed E-state index contributed by atoms with van der Waals surface area (Å²) in [7, 11) is 0. The SMILES string of the molecule is CC(C)(C)OC(=O)N[C@@H]1[C@H](C=O)[C@H]2C=C[C@@H]1C2.CC(C)(C)OC(=O)N[C@H]1[C@@H](C=O)[C@@H]2C=C[C@H]1C2. The summed E-state index contributed by atoms with van der Waals surface area (Å²) in [6, 6.07) is -0.199. The number of ether oxygens (including phenoxy) is 2. The van der Waals surface area contributed by atoms with Gasteiger partial charge in [-0.15, -0.1) is 0 Å². The van der Waals surface area contributed by atoms with Crippen LogP contribution in [0.3, 0.4) is 0 Å². The van der Waals surface area contributed by atoms with Crippen LogP contribution in [0.1, 0.15) is 54.4 Å². The number of amides is 2. The molecule has 34 heavy (non-hydrogen) atoms. The van der Waals surface area contributed by atoms with E-state index in [9.17, 15) is 19.2 Å². The quantitative estimate of drug-likeness (QED) is 0.474. The largest absolute Gasteiger partial charge is 0.444 e. The van der Waals surface area contributed by atoms with E-state index in [0.717, 1.165) is 25.4 Å². The Kier molecular flexibility index (Phi) is 7.58. The molecule has 188 valence electrons. The number of alkyl carbamates (subject to hydrolysis) is 2. The summed E-state index contributed by atoms with van der Waals surface area (Å²) in [5.74, 6) is 0.940. The molecule has 4 bridgehead atoms. The fraction of sp³-hybridized carbons (Fsp3) is 0.692. The molecule has 0 aromatic rings. The second kappa shape index (κ2) is 9.92. The van der Waals surface area contributed by atoms with Gasteiger partial charge in [0.05, 0.1) is 0 Å². The van der Waals surface area contributed by atoms with Crippen molar-refractivity contribution in [2.24, 2.45) is 35.5 Å². The van der Waals surface area contributed by atoms with Crippen LogP contribution in [0.15, 0.2) is 24.3 Å². The highest BCUT2D eigenvalue weighted by molar-refractivity contribution is 5.71. The van der Waals surface area contributed by atoms with E-state index in [1.54, 1.807) is 0 Å². The molecule has 0 aromatic carbocycles. The molecule has 2 N–H and O–H groups in total. The lowest BCUT2D eigenvalue weighted by molar-refractivity contribution is -0.113. The maximum Gasteiger partial charge on any atom is 0.407 e. The zero-order valence-electron chi connectivity index (χ0n) is 20.9. The van der Waals surface area contributed by atoms with Gasteiger partial charge in [0.15, 0.2) is 0 Å².